The Morgan fingerprint density at radius 2 is 2.14 bits per heavy atom. The molecule has 78 valence electrons. The second kappa shape index (κ2) is 3.66. The monoisotopic (exact) mass is 238 g/mol. The lowest BCUT2D eigenvalue weighted by Crippen LogP contribution is -2.03. The number of carbonyl (C=O) groups is 1. The Bertz CT molecular complexity index is 460. The van der Waals surface area contributed by atoms with E-state index in [0.29, 0.717) is 11.3 Å². The molecule has 0 radical (unpaired) electrons. The van der Waals surface area contributed by atoms with E-state index in [9.17, 15) is 17.6 Å². The van der Waals surface area contributed by atoms with Gasteiger partial charge >= 0.3 is 5.97 Å². The van der Waals surface area contributed by atoms with E-state index in [1.807, 2.05) is 0 Å². The molecule has 7 heteroatoms. The third kappa shape index (κ3) is 1.93. The highest BCUT2D eigenvalue weighted by atomic mass is 32.2. The van der Waals surface area contributed by atoms with E-state index < -0.39 is 26.5 Å². The first-order chi connectivity index (χ1) is 6.38. The van der Waals surface area contributed by atoms with Crippen LogP contribution in [-0.4, -0.2) is 27.8 Å². The van der Waals surface area contributed by atoms with Crippen molar-refractivity contribution >= 4 is 27.1 Å². The number of halogens is 1. The Labute approximate surface area is 84.2 Å². The molecule has 0 unspecified atom stereocenters. The molecular formula is C7H7FO4S2. The molecule has 0 amide bonds. The van der Waals surface area contributed by atoms with E-state index in [0.717, 1.165) is 18.7 Å². The lowest BCUT2D eigenvalue weighted by molar-refractivity contribution is 0.0601. The lowest BCUT2D eigenvalue weighted by Gasteiger charge is -1.95. The molecule has 4 nitrogen and oxygen atoms in total. The van der Waals surface area contributed by atoms with Gasteiger partial charge in [0, 0.05) is 11.6 Å². The van der Waals surface area contributed by atoms with Crippen LogP contribution in [0.3, 0.4) is 0 Å². The predicted molar refractivity (Wildman–Crippen MR) is 48.7 cm³/mol. The number of ether oxygens (including phenoxy) is 1. The van der Waals surface area contributed by atoms with Gasteiger partial charge in [0.2, 0.25) is 0 Å². The zero-order valence-electron chi connectivity index (χ0n) is 7.40. The van der Waals surface area contributed by atoms with Crippen molar-refractivity contribution in [3.05, 3.63) is 16.1 Å². The highest BCUT2D eigenvalue weighted by molar-refractivity contribution is 7.90. The minimum atomic E-state index is -3.63. The highest BCUT2D eigenvalue weighted by Crippen LogP contribution is 2.25. The number of sulfone groups is 1. The molecular weight excluding hydrogens is 231 g/mol. The van der Waals surface area contributed by atoms with E-state index in [2.05, 4.69) is 4.74 Å². The average Bonchev–Trinajstić information content (AvgIpc) is 2.45. The van der Waals surface area contributed by atoms with Crippen LogP contribution in [0.25, 0.3) is 0 Å². The molecule has 0 saturated heterocycles. The van der Waals surface area contributed by atoms with Crippen molar-refractivity contribution in [1.29, 1.82) is 0 Å². The van der Waals surface area contributed by atoms with E-state index in [1.54, 1.807) is 0 Å². The van der Waals surface area contributed by atoms with E-state index >= 15 is 0 Å². The molecule has 0 aliphatic carbocycles. The summed E-state index contributed by atoms with van der Waals surface area (Å²) in [7, 11) is -2.53. The number of hydrogen-bond acceptors (Lipinski definition) is 5. The van der Waals surface area contributed by atoms with Crippen LogP contribution in [0.5, 0.6) is 0 Å². The second-order valence-electron chi connectivity index (χ2n) is 2.51. The van der Waals surface area contributed by atoms with Gasteiger partial charge in [-0.2, -0.15) is 0 Å². The second-order valence-corrected chi connectivity index (χ2v) is 5.37. The SMILES string of the molecule is COC(=O)c1scc(S(C)(=O)=O)c1F. The quantitative estimate of drug-likeness (QED) is 0.723. The summed E-state index contributed by atoms with van der Waals surface area (Å²) < 4.78 is 39.6. The fourth-order valence-corrected chi connectivity index (χ4v) is 2.87. The first-order valence-electron chi connectivity index (χ1n) is 3.43. The lowest BCUT2D eigenvalue weighted by atomic mass is 10.4. The Balaban J connectivity index is 3.29. The van der Waals surface area contributed by atoms with Gasteiger partial charge in [-0.15, -0.1) is 11.3 Å². The minimum absolute atomic E-state index is 0.326. The van der Waals surface area contributed by atoms with Gasteiger partial charge < -0.3 is 4.74 Å². The van der Waals surface area contributed by atoms with Crippen LogP contribution in [0.2, 0.25) is 0 Å². The smallest absolute Gasteiger partial charge is 0.351 e. The number of carbonyl (C=O) groups excluding carboxylic acids is 1. The molecule has 1 aromatic rings. The summed E-state index contributed by atoms with van der Waals surface area (Å²) in [5, 5.41) is 1.08. The van der Waals surface area contributed by atoms with Crippen molar-refractivity contribution < 1.29 is 22.3 Å². The maximum atomic E-state index is 13.3. The fraction of sp³-hybridized carbons (Fsp3) is 0.286. The topological polar surface area (TPSA) is 60.4 Å². The van der Waals surface area contributed by atoms with Crippen LogP contribution in [0.4, 0.5) is 4.39 Å². The molecule has 0 aliphatic heterocycles. The molecule has 0 bridgehead atoms. The molecule has 1 heterocycles. The third-order valence-electron chi connectivity index (χ3n) is 1.47. The Kier molecular flexibility index (Phi) is 2.91. The van der Waals surface area contributed by atoms with Crippen LogP contribution >= 0.6 is 11.3 Å². The molecule has 0 aromatic carbocycles. The first kappa shape index (κ1) is 11.1. The average molecular weight is 238 g/mol. The van der Waals surface area contributed by atoms with E-state index in [4.69, 9.17) is 0 Å². The summed E-state index contributed by atoms with van der Waals surface area (Å²) in [6, 6.07) is 0. The fourth-order valence-electron chi connectivity index (χ4n) is 0.808. The number of hydrogen-bond donors (Lipinski definition) is 0. The standard InChI is InChI=1S/C7H7FO4S2/c1-12-7(9)6-5(8)4(3-13-6)14(2,10)11/h3H,1-2H3. The van der Waals surface area contributed by atoms with Gasteiger partial charge in [0.1, 0.15) is 9.77 Å². The molecule has 14 heavy (non-hydrogen) atoms. The van der Waals surface area contributed by atoms with Crippen molar-refractivity contribution in [2.24, 2.45) is 0 Å². The molecule has 0 spiro atoms. The van der Waals surface area contributed by atoms with E-state index in [1.165, 1.54) is 0 Å². The van der Waals surface area contributed by atoms with Gasteiger partial charge in [0.25, 0.3) is 0 Å². The van der Waals surface area contributed by atoms with E-state index in [-0.39, 0.29) is 4.88 Å². The van der Waals surface area contributed by atoms with Crippen LogP contribution in [0.1, 0.15) is 9.67 Å². The van der Waals surface area contributed by atoms with Gasteiger partial charge in [-0.25, -0.2) is 17.6 Å². The van der Waals surface area contributed by atoms with Crippen LogP contribution in [0.15, 0.2) is 10.3 Å². The summed E-state index contributed by atoms with van der Waals surface area (Å²) >= 11 is 0.707. The Hall–Kier alpha value is -0.950. The van der Waals surface area contributed by atoms with Crippen molar-refractivity contribution in [2.75, 3.05) is 13.4 Å². The molecule has 0 atom stereocenters. The third-order valence-corrected chi connectivity index (χ3v) is 3.65. The number of methoxy groups -OCH3 is 1. The summed E-state index contributed by atoms with van der Waals surface area (Å²) in [4.78, 5) is 10.1. The van der Waals surface area contributed by atoms with Gasteiger partial charge in [0.15, 0.2) is 15.7 Å². The Morgan fingerprint density at radius 1 is 1.57 bits per heavy atom. The Morgan fingerprint density at radius 3 is 2.50 bits per heavy atom. The zero-order valence-corrected chi connectivity index (χ0v) is 9.04. The van der Waals surface area contributed by atoms with Crippen LogP contribution in [0, 0.1) is 5.82 Å². The summed E-state index contributed by atoms with van der Waals surface area (Å²) in [6.45, 7) is 0. The first-order valence-corrected chi connectivity index (χ1v) is 6.20. The minimum Gasteiger partial charge on any atom is -0.465 e. The normalized spacial score (nSPS) is 11.4. The summed E-state index contributed by atoms with van der Waals surface area (Å²) in [6.07, 6.45) is 0.874. The molecule has 0 N–H and O–H groups in total. The highest BCUT2D eigenvalue weighted by Gasteiger charge is 2.23. The summed E-state index contributed by atoms with van der Waals surface area (Å²) in [5.41, 5.74) is 0. The van der Waals surface area contributed by atoms with Crippen LogP contribution < -0.4 is 0 Å². The number of esters is 1. The molecule has 0 aliphatic rings. The maximum absolute atomic E-state index is 13.3. The van der Waals surface area contributed by atoms with Gasteiger partial charge in [0.05, 0.1) is 7.11 Å². The predicted octanol–water partition coefficient (Wildman–Crippen LogP) is 1.08. The molecule has 1 rings (SSSR count). The van der Waals surface area contributed by atoms with Crippen LogP contribution in [-0.2, 0) is 14.6 Å². The van der Waals surface area contributed by atoms with Crippen molar-refractivity contribution in [1.82, 2.24) is 0 Å². The van der Waals surface area contributed by atoms with Gasteiger partial charge in [-0.3, -0.25) is 0 Å². The zero-order chi connectivity index (χ0) is 10.9. The number of rotatable bonds is 2. The maximum Gasteiger partial charge on any atom is 0.351 e. The largest absolute Gasteiger partial charge is 0.465 e. The molecule has 0 fully saturated rings. The van der Waals surface area contributed by atoms with Gasteiger partial charge in [-0.05, 0) is 0 Å². The number of thiophene rings is 1. The van der Waals surface area contributed by atoms with Gasteiger partial charge in [-0.1, -0.05) is 0 Å². The van der Waals surface area contributed by atoms with Crippen molar-refractivity contribution in [3.8, 4) is 0 Å². The molecule has 0 saturated carbocycles. The summed E-state index contributed by atoms with van der Waals surface area (Å²) in [5.74, 6) is -1.91. The molecule has 1 aromatic heterocycles. The van der Waals surface area contributed by atoms with Crippen molar-refractivity contribution in [2.45, 2.75) is 4.90 Å². The van der Waals surface area contributed by atoms with Crippen molar-refractivity contribution in [3.63, 3.8) is 0 Å².